The van der Waals surface area contributed by atoms with Crippen molar-refractivity contribution in [3.63, 3.8) is 0 Å². The zero-order valence-electron chi connectivity index (χ0n) is 17.8. The van der Waals surface area contributed by atoms with Gasteiger partial charge >= 0.3 is 0 Å². The molecule has 2 aromatic carbocycles. The zero-order valence-corrected chi connectivity index (χ0v) is 17.8. The van der Waals surface area contributed by atoms with Gasteiger partial charge in [-0.1, -0.05) is 81.3 Å². The minimum atomic E-state index is 0.569. The Bertz CT molecular complexity index is 746. The van der Waals surface area contributed by atoms with Gasteiger partial charge in [-0.3, -0.25) is 0 Å². The average molecular weight is 373 g/mol. The summed E-state index contributed by atoms with van der Waals surface area (Å²) in [5, 5.41) is 0. The van der Waals surface area contributed by atoms with Crippen molar-refractivity contribution in [2.24, 2.45) is 5.92 Å². The fourth-order valence-electron chi connectivity index (χ4n) is 4.29. The normalized spacial score (nSPS) is 19.1. The number of benzene rings is 2. The first-order valence-electron chi connectivity index (χ1n) is 11.5. The second-order valence-electron chi connectivity index (χ2n) is 8.42. The summed E-state index contributed by atoms with van der Waals surface area (Å²) < 4.78 is 0. The summed E-state index contributed by atoms with van der Waals surface area (Å²) in [4.78, 5) is 0. The molecule has 0 amide bonds. The molecular weight excluding hydrogens is 336 g/mol. The van der Waals surface area contributed by atoms with Crippen LogP contribution in [-0.2, 0) is 12.8 Å². The van der Waals surface area contributed by atoms with E-state index in [1.807, 2.05) is 0 Å². The van der Waals surface area contributed by atoms with Crippen molar-refractivity contribution in [2.45, 2.75) is 84.0 Å². The van der Waals surface area contributed by atoms with Gasteiger partial charge in [0, 0.05) is 11.5 Å². The molecule has 1 fully saturated rings. The summed E-state index contributed by atoms with van der Waals surface area (Å²) in [5.74, 6) is 8.25. The molecule has 3 rings (SSSR count). The molecule has 0 unspecified atom stereocenters. The molecule has 0 radical (unpaired) electrons. The summed E-state index contributed by atoms with van der Waals surface area (Å²) in [5.41, 5.74) is 5.60. The van der Waals surface area contributed by atoms with E-state index in [0.29, 0.717) is 5.92 Å². The van der Waals surface area contributed by atoms with Gasteiger partial charge in [0.05, 0.1) is 0 Å². The Morgan fingerprint density at radius 3 is 2.07 bits per heavy atom. The highest BCUT2D eigenvalue weighted by atomic mass is 14.2. The Kier molecular flexibility index (Phi) is 8.23. The quantitative estimate of drug-likeness (QED) is 0.345. The summed E-state index contributed by atoms with van der Waals surface area (Å²) >= 11 is 0. The topological polar surface area (TPSA) is 0 Å². The summed E-state index contributed by atoms with van der Waals surface area (Å²) in [6, 6.07) is 18.3. The van der Waals surface area contributed by atoms with E-state index in [2.05, 4.69) is 74.2 Å². The summed E-state index contributed by atoms with van der Waals surface area (Å²) in [6.07, 6.45) is 12.8. The lowest BCUT2D eigenvalue weighted by Gasteiger charge is -2.26. The van der Waals surface area contributed by atoms with Crippen LogP contribution in [-0.4, -0.2) is 0 Å². The van der Waals surface area contributed by atoms with Gasteiger partial charge in [0.2, 0.25) is 0 Å². The van der Waals surface area contributed by atoms with E-state index >= 15 is 0 Å². The minimum Gasteiger partial charge on any atom is -0.0945 e. The molecular formula is C28H36. The highest BCUT2D eigenvalue weighted by molar-refractivity contribution is 5.36. The van der Waals surface area contributed by atoms with Gasteiger partial charge in [0.1, 0.15) is 0 Å². The largest absolute Gasteiger partial charge is 0.0945 e. The molecule has 0 bridgehead atoms. The Morgan fingerprint density at radius 1 is 0.750 bits per heavy atom. The highest BCUT2D eigenvalue weighted by Gasteiger charge is 2.21. The fraction of sp³-hybridized carbons (Fsp3) is 0.500. The van der Waals surface area contributed by atoms with Crippen LogP contribution in [0.3, 0.4) is 0 Å². The van der Waals surface area contributed by atoms with Crippen LogP contribution < -0.4 is 0 Å². The number of hydrogen-bond donors (Lipinski definition) is 0. The molecule has 1 saturated carbocycles. The third-order valence-electron chi connectivity index (χ3n) is 6.28. The van der Waals surface area contributed by atoms with Gasteiger partial charge in [-0.15, -0.1) is 0 Å². The van der Waals surface area contributed by atoms with Crippen LogP contribution in [0.25, 0.3) is 0 Å². The lowest BCUT2D eigenvalue weighted by atomic mass is 9.78. The van der Waals surface area contributed by atoms with Gasteiger partial charge < -0.3 is 0 Å². The monoisotopic (exact) mass is 372 g/mol. The maximum atomic E-state index is 3.54. The van der Waals surface area contributed by atoms with Crippen molar-refractivity contribution in [1.82, 2.24) is 0 Å². The first-order chi connectivity index (χ1) is 13.8. The van der Waals surface area contributed by atoms with Crippen molar-refractivity contribution in [1.29, 1.82) is 0 Å². The van der Waals surface area contributed by atoms with E-state index in [-0.39, 0.29) is 0 Å². The van der Waals surface area contributed by atoms with E-state index < -0.39 is 0 Å². The van der Waals surface area contributed by atoms with E-state index in [9.17, 15) is 0 Å². The van der Waals surface area contributed by atoms with Crippen LogP contribution in [0.2, 0.25) is 0 Å². The van der Waals surface area contributed by atoms with E-state index in [4.69, 9.17) is 0 Å². The SMILES string of the molecule is CCCCCCc1ccc([C@H]2CC[C@H](C#Cc3ccc(CC)cc3)CC2)cc1. The van der Waals surface area contributed by atoms with Crippen LogP contribution in [0.4, 0.5) is 0 Å². The Morgan fingerprint density at radius 2 is 1.43 bits per heavy atom. The predicted molar refractivity (Wildman–Crippen MR) is 122 cm³/mol. The van der Waals surface area contributed by atoms with Gasteiger partial charge in [-0.25, -0.2) is 0 Å². The molecule has 0 aromatic heterocycles. The number of hydrogen-bond acceptors (Lipinski definition) is 0. The zero-order chi connectivity index (χ0) is 19.6. The van der Waals surface area contributed by atoms with Crippen molar-refractivity contribution in [3.8, 4) is 11.8 Å². The number of aryl methyl sites for hydroxylation is 2. The lowest BCUT2D eigenvalue weighted by molar-refractivity contribution is 0.384. The molecule has 1 aliphatic carbocycles. The standard InChI is InChI=1S/C28H36/c1-3-5-6-7-8-24-15-19-27(20-16-24)28-21-17-26(18-22-28)14-13-25-11-9-23(4-2)10-12-25/h9-12,15-16,19-20,26,28H,3-8,17-18,21-22H2,1-2H3/t26-,28-. The van der Waals surface area contributed by atoms with E-state index in [0.717, 1.165) is 17.9 Å². The molecule has 0 N–H and O–H groups in total. The summed E-state index contributed by atoms with van der Waals surface area (Å²) in [6.45, 7) is 4.47. The van der Waals surface area contributed by atoms with Gasteiger partial charge in [0.15, 0.2) is 0 Å². The predicted octanol–water partition coefficient (Wildman–Crippen LogP) is 7.70. The van der Waals surface area contributed by atoms with Gasteiger partial charge in [-0.05, 0) is 79.7 Å². The second-order valence-corrected chi connectivity index (χ2v) is 8.42. The smallest absolute Gasteiger partial charge is 0.0245 e. The van der Waals surface area contributed by atoms with Gasteiger partial charge in [0.25, 0.3) is 0 Å². The van der Waals surface area contributed by atoms with Crippen LogP contribution in [0.15, 0.2) is 48.5 Å². The first-order valence-corrected chi connectivity index (χ1v) is 11.5. The Labute approximate surface area is 172 Å². The molecule has 148 valence electrons. The first kappa shape index (κ1) is 20.7. The fourth-order valence-corrected chi connectivity index (χ4v) is 4.29. The molecule has 0 nitrogen and oxygen atoms in total. The molecule has 0 heteroatoms. The number of unbranched alkanes of at least 4 members (excludes halogenated alkanes) is 3. The van der Waals surface area contributed by atoms with Crippen LogP contribution >= 0.6 is 0 Å². The molecule has 0 spiro atoms. The van der Waals surface area contributed by atoms with Crippen molar-refractivity contribution >= 4 is 0 Å². The van der Waals surface area contributed by atoms with E-state index in [1.54, 1.807) is 5.56 Å². The van der Waals surface area contributed by atoms with Gasteiger partial charge in [-0.2, -0.15) is 0 Å². The highest BCUT2D eigenvalue weighted by Crippen LogP contribution is 2.35. The van der Waals surface area contributed by atoms with Crippen LogP contribution in [0, 0.1) is 17.8 Å². The average Bonchev–Trinajstić information content (AvgIpc) is 2.76. The molecule has 0 atom stereocenters. The maximum Gasteiger partial charge on any atom is 0.0245 e. The molecule has 28 heavy (non-hydrogen) atoms. The van der Waals surface area contributed by atoms with Crippen molar-refractivity contribution < 1.29 is 0 Å². The minimum absolute atomic E-state index is 0.569. The lowest BCUT2D eigenvalue weighted by Crippen LogP contribution is -2.12. The second kappa shape index (κ2) is 11.1. The Balaban J connectivity index is 1.46. The van der Waals surface area contributed by atoms with Crippen LogP contribution in [0.5, 0.6) is 0 Å². The van der Waals surface area contributed by atoms with Crippen LogP contribution in [0.1, 0.15) is 93.4 Å². The van der Waals surface area contributed by atoms with E-state index in [1.165, 1.54) is 68.9 Å². The number of rotatable bonds is 7. The third-order valence-corrected chi connectivity index (χ3v) is 6.28. The molecule has 1 aliphatic rings. The third kappa shape index (κ3) is 6.27. The molecule has 2 aromatic rings. The maximum absolute atomic E-state index is 3.54. The van der Waals surface area contributed by atoms with Crippen molar-refractivity contribution in [3.05, 3.63) is 70.8 Å². The molecule has 0 saturated heterocycles. The summed E-state index contributed by atoms with van der Waals surface area (Å²) in [7, 11) is 0. The van der Waals surface area contributed by atoms with Crippen molar-refractivity contribution in [2.75, 3.05) is 0 Å². The molecule has 0 aliphatic heterocycles. The molecule has 0 heterocycles. The Hall–Kier alpha value is -2.00.